The molecule has 1 amide bonds. The fraction of sp³-hybridized carbons (Fsp3) is 0.417. The van der Waals surface area contributed by atoms with E-state index in [-0.39, 0.29) is 33.8 Å². The highest BCUT2D eigenvalue weighted by Crippen LogP contribution is 2.31. The smallest absolute Gasteiger partial charge is 0.270 e. The van der Waals surface area contributed by atoms with Crippen molar-refractivity contribution in [2.24, 2.45) is 5.10 Å². The highest BCUT2D eigenvalue weighted by molar-refractivity contribution is 7.89. The third-order valence-electron chi connectivity index (χ3n) is 6.04. The number of nitrogens with zero attached hydrogens (tertiary/aromatic N) is 3. The van der Waals surface area contributed by atoms with Crippen molar-refractivity contribution in [3.63, 3.8) is 0 Å². The summed E-state index contributed by atoms with van der Waals surface area (Å²) in [5.41, 5.74) is 4.67. The number of hydrogen-bond acceptors (Lipinski definition) is 6. The van der Waals surface area contributed by atoms with Crippen LogP contribution in [0.4, 0.5) is 5.69 Å². The molecule has 0 unspecified atom stereocenters. The molecule has 2 aromatic rings. The molecular formula is C24H29ClN4O5S. The number of sulfonamides is 1. The van der Waals surface area contributed by atoms with E-state index in [1.807, 2.05) is 19.1 Å². The number of carbonyl (C=O) groups excluding carboxylic acids is 1. The molecule has 11 heteroatoms. The lowest BCUT2D eigenvalue weighted by Crippen LogP contribution is -2.46. The lowest BCUT2D eigenvalue weighted by atomic mass is 9.95. The van der Waals surface area contributed by atoms with Gasteiger partial charge in [0.2, 0.25) is 10.0 Å². The van der Waals surface area contributed by atoms with Crippen LogP contribution < -0.4 is 5.43 Å². The lowest BCUT2D eigenvalue weighted by Gasteiger charge is -2.33. The molecule has 0 spiro atoms. The van der Waals surface area contributed by atoms with Gasteiger partial charge in [0.15, 0.2) is 0 Å². The van der Waals surface area contributed by atoms with Crippen LogP contribution in [0.3, 0.4) is 0 Å². The van der Waals surface area contributed by atoms with Gasteiger partial charge in [0.05, 0.1) is 22.6 Å². The zero-order chi connectivity index (χ0) is 25.8. The maximum atomic E-state index is 13.8. The number of amides is 1. The second-order valence-corrected chi connectivity index (χ2v) is 11.1. The van der Waals surface area contributed by atoms with Crippen molar-refractivity contribution in [1.82, 2.24) is 9.73 Å². The van der Waals surface area contributed by atoms with Crippen LogP contribution in [0.1, 0.15) is 54.4 Å². The van der Waals surface area contributed by atoms with E-state index in [0.717, 1.165) is 24.8 Å². The predicted molar refractivity (Wildman–Crippen MR) is 135 cm³/mol. The Hall–Kier alpha value is -2.82. The summed E-state index contributed by atoms with van der Waals surface area (Å²) < 4.78 is 28.9. The van der Waals surface area contributed by atoms with Gasteiger partial charge in [0.1, 0.15) is 0 Å². The first-order chi connectivity index (χ1) is 16.5. The third kappa shape index (κ3) is 6.45. The second kappa shape index (κ2) is 11.3. The maximum absolute atomic E-state index is 13.8. The normalized spacial score (nSPS) is 15.0. The quantitative estimate of drug-likeness (QED) is 0.308. The van der Waals surface area contributed by atoms with Crippen molar-refractivity contribution < 1.29 is 18.1 Å². The van der Waals surface area contributed by atoms with Gasteiger partial charge in [0.25, 0.3) is 11.6 Å². The summed E-state index contributed by atoms with van der Waals surface area (Å²) in [5.74, 6) is -0.612. The number of benzene rings is 2. The zero-order valence-electron chi connectivity index (χ0n) is 20.0. The molecule has 188 valence electrons. The van der Waals surface area contributed by atoms with E-state index in [9.17, 15) is 23.3 Å². The van der Waals surface area contributed by atoms with E-state index < -0.39 is 20.9 Å². The van der Waals surface area contributed by atoms with Gasteiger partial charge in [-0.25, -0.2) is 13.8 Å². The Morgan fingerprint density at radius 2 is 1.80 bits per heavy atom. The topological polar surface area (TPSA) is 122 Å². The Labute approximate surface area is 210 Å². The van der Waals surface area contributed by atoms with Crippen molar-refractivity contribution in [2.75, 3.05) is 6.54 Å². The number of carbonyl (C=O) groups is 1. The molecule has 0 saturated heterocycles. The molecule has 0 aromatic heterocycles. The molecule has 3 rings (SSSR count). The minimum atomic E-state index is -3.95. The van der Waals surface area contributed by atoms with Gasteiger partial charge in [-0.05, 0) is 50.8 Å². The zero-order valence-corrected chi connectivity index (χ0v) is 21.5. The van der Waals surface area contributed by atoms with Crippen LogP contribution in [-0.2, 0) is 14.8 Å². The first kappa shape index (κ1) is 26.8. The van der Waals surface area contributed by atoms with E-state index in [1.54, 1.807) is 13.8 Å². The molecule has 1 saturated carbocycles. The number of hydrogen-bond donors (Lipinski definition) is 1. The van der Waals surface area contributed by atoms with Gasteiger partial charge in [-0.15, -0.1) is 0 Å². The second-order valence-electron chi connectivity index (χ2n) is 8.83. The first-order valence-electron chi connectivity index (χ1n) is 11.4. The summed E-state index contributed by atoms with van der Waals surface area (Å²) in [6.07, 6.45) is 5.39. The summed E-state index contributed by atoms with van der Waals surface area (Å²) in [4.78, 5) is 23.4. The van der Waals surface area contributed by atoms with E-state index >= 15 is 0 Å². The molecule has 0 radical (unpaired) electrons. The van der Waals surface area contributed by atoms with Crippen LogP contribution in [0.5, 0.6) is 0 Å². The molecule has 1 N–H and O–H groups in total. The summed E-state index contributed by atoms with van der Waals surface area (Å²) >= 11 is 6.06. The number of halogens is 1. The van der Waals surface area contributed by atoms with E-state index in [0.29, 0.717) is 24.0 Å². The lowest BCUT2D eigenvalue weighted by molar-refractivity contribution is -0.384. The summed E-state index contributed by atoms with van der Waals surface area (Å²) in [6, 6.07) is 7.24. The largest absolute Gasteiger partial charge is 0.272 e. The average Bonchev–Trinajstić information content (AvgIpc) is 2.78. The maximum Gasteiger partial charge on any atom is 0.270 e. The number of aryl methyl sites for hydroxylation is 3. The summed E-state index contributed by atoms with van der Waals surface area (Å²) in [6.45, 7) is 5.05. The van der Waals surface area contributed by atoms with E-state index in [2.05, 4.69) is 10.5 Å². The summed E-state index contributed by atoms with van der Waals surface area (Å²) in [5, 5.41) is 15.1. The minimum absolute atomic E-state index is 0.166. The van der Waals surface area contributed by atoms with Crippen LogP contribution in [-0.4, -0.2) is 42.4 Å². The number of nitro benzene ring substituents is 1. The van der Waals surface area contributed by atoms with Gasteiger partial charge in [-0.2, -0.15) is 9.41 Å². The average molecular weight is 521 g/mol. The minimum Gasteiger partial charge on any atom is -0.272 e. The van der Waals surface area contributed by atoms with Crippen LogP contribution in [0.25, 0.3) is 0 Å². The molecule has 1 aliphatic carbocycles. The van der Waals surface area contributed by atoms with Crippen molar-refractivity contribution in [3.05, 3.63) is 67.7 Å². The Balaban J connectivity index is 1.84. The molecule has 0 heterocycles. The highest BCUT2D eigenvalue weighted by Gasteiger charge is 2.35. The Morgan fingerprint density at radius 3 is 2.40 bits per heavy atom. The Bertz CT molecular complexity index is 1230. The Kier molecular flexibility index (Phi) is 8.63. The number of rotatable bonds is 8. The molecule has 0 atom stereocenters. The molecule has 0 aliphatic heterocycles. The van der Waals surface area contributed by atoms with E-state index in [4.69, 9.17) is 11.6 Å². The van der Waals surface area contributed by atoms with Crippen molar-refractivity contribution in [2.45, 2.75) is 63.8 Å². The molecule has 1 fully saturated rings. The summed E-state index contributed by atoms with van der Waals surface area (Å²) in [7, 11) is -3.95. The molecule has 9 nitrogen and oxygen atoms in total. The van der Waals surface area contributed by atoms with Crippen molar-refractivity contribution in [1.29, 1.82) is 0 Å². The SMILES string of the molecule is Cc1cc(C)c(S(=O)(=O)N(CC(=O)N/N=C/c2cc([N+](=O)[O-])ccc2Cl)C2CCCCC2)c(C)c1. The molecule has 0 bridgehead atoms. The van der Waals surface area contributed by atoms with Crippen molar-refractivity contribution >= 4 is 39.4 Å². The molecule has 35 heavy (non-hydrogen) atoms. The fourth-order valence-electron chi connectivity index (χ4n) is 4.56. The van der Waals surface area contributed by atoms with Gasteiger partial charge < -0.3 is 0 Å². The standard InChI is InChI=1S/C24H29ClN4O5S/c1-16-11-17(2)24(18(3)12-16)35(33,34)28(20-7-5-4-6-8-20)15-23(30)27-26-14-19-13-21(29(31)32)9-10-22(19)25/h9-14,20H,4-8,15H2,1-3H3,(H,27,30)/b26-14+. The van der Waals surface area contributed by atoms with Gasteiger partial charge >= 0.3 is 0 Å². The number of nitrogens with one attached hydrogen (secondary N) is 1. The van der Waals surface area contributed by atoms with Gasteiger partial charge in [0, 0.05) is 28.8 Å². The fourth-order valence-corrected chi connectivity index (χ4v) is 6.79. The van der Waals surface area contributed by atoms with Gasteiger partial charge in [-0.1, -0.05) is 48.6 Å². The van der Waals surface area contributed by atoms with E-state index in [1.165, 1.54) is 28.7 Å². The van der Waals surface area contributed by atoms with Crippen LogP contribution in [0, 0.1) is 30.9 Å². The van der Waals surface area contributed by atoms with Crippen LogP contribution in [0.15, 0.2) is 40.3 Å². The van der Waals surface area contributed by atoms with Crippen LogP contribution in [0.2, 0.25) is 5.02 Å². The third-order valence-corrected chi connectivity index (χ3v) is 8.58. The molecule has 2 aromatic carbocycles. The van der Waals surface area contributed by atoms with Gasteiger partial charge in [-0.3, -0.25) is 14.9 Å². The highest BCUT2D eigenvalue weighted by atomic mass is 35.5. The monoisotopic (exact) mass is 520 g/mol. The molecule has 1 aliphatic rings. The molecular weight excluding hydrogens is 492 g/mol. The Morgan fingerprint density at radius 1 is 1.17 bits per heavy atom. The number of nitro groups is 1. The van der Waals surface area contributed by atoms with Crippen LogP contribution >= 0.6 is 11.6 Å². The number of non-ortho nitro benzene ring substituents is 1. The number of hydrazone groups is 1. The first-order valence-corrected chi connectivity index (χ1v) is 13.2. The predicted octanol–water partition coefficient (Wildman–Crippen LogP) is 4.65. The van der Waals surface area contributed by atoms with Crippen molar-refractivity contribution in [3.8, 4) is 0 Å².